The number of fused-ring (bicyclic) bond motifs is 10. The fourth-order valence-corrected chi connectivity index (χ4v) is 8.89. The van der Waals surface area contributed by atoms with Crippen LogP contribution in [0.5, 0.6) is 0 Å². The first-order valence-corrected chi connectivity index (χ1v) is 19.1. The molecule has 12 aromatic rings. The van der Waals surface area contributed by atoms with E-state index >= 15 is 4.79 Å². The normalized spacial score (nSPS) is 11.9. The quantitative estimate of drug-likeness (QED) is 0.134. The Bertz CT molecular complexity index is 3650. The summed E-state index contributed by atoms with van der Waals surface area (Å²) in [5, 5.41) is 6.65. The summed E-state index contributed by atoms with van der Waals surface area (Å²) in [4.78, 5) is 20.7. The molecule has 0 aliphatic heterocycles. The Labute approximate surface area is 325 Å². The third-order valence-corrected chi connectivity index (χ3v) is 11.4. The molecule has 57 heavy (non-hydrogen) atoms. The molecular formula is C52H30N2O3. The number of aromatic nitrogens is 2. The van der Waals surface area contributed by atoms with E-state index in [2.05, 4.69) is 97.1 Å². The molecule has 0 aliphatic rings. The molecule has 0 saturated carbocycles. The molecule has 0 aliphatic carbocycles. The second-order valence-electron chi connectivity index (χ2n) is 14.6. The molecule has 12 rings (SSSR count). The summed E-state index contributed by atoms with van der Waals surface area (Å²) in [6.45, 7) is 0. The fourth-order valence-electron chi connectivity index (χ4n) is 8.89. The monoisotopic (exact) mass is 730 g/mol. The Kier molecular flexibility index (Phi) is 6.71. The van der Waals surface area contributed by atoms with Crippen molar-refractivity contribution in [3.8, 4) is 44.6 Å². The molecule has 0 fully saturated rings. The summed E-state index contributed by atoms with van der Waals surface area (Å²) in [5.41, 5.74) is 12.2. The average Bonchev–Trinajstić information content (AvgIpc) is 3.85. The van der Waals surface area contributed by atoms with Gasteiger partial charge in [-0.15, -0.1) is 0 Å². The lowest BCUT2D eigenvalue weighted by atomic mass is 9.90. The topological polar surface area (TPSA) is 60.7 Å². The van der Waals surface area contributed by atoms with Crippen molar-refractivity contribution in [2.24, 2.45) is 0 Å². The van der Waals surface area contributed by atoms with Crippen molar-refractivity contribution in [3.05, 3.63) is 192 Å². The fraction of sp³-hybridized carbons (Fsp3) is 0. The number of hydrogen-bond acceptors (Lipinski definition) is 4. The number of benzene rings is 8. The van der Waals surface area contributed by atoms with Crippen molar-refractivity contribution < 1.29 is 8.83 Å². The van der Waals surface area contributed by atoms with Crippen molar-refractivity contribution in [2.45, 2.75) is 0 Å². The van der Waals surface area contributed by atoms with E-state index < -0.39 is 0 Å². The lowest BCUT2D eigenvalue weighted by molar-refractivity contribution is 0.668. The highest BCUT2D eigenvalue weighted by molar-refractivity contribution is 6.16. The van der Waals surface area contributed by atoms with Gasteiger partial charge in [0.1, 0.15) is 28.0 Å². The minimum atomic E-state index is -0.127. The number of rotatable bonds is 4. The van der Waals surface area contributed by atoms with Crippen LogP contribution in [0.3, 0.4) is 0 Å². The molecule has 0 atom stereocenters. The molecule has 0 spiro atoms. The van der Waals surface area contributed by atoms with Crippen LogP contribution in [-0.4, -0.2) is 9.38 Å². The zero-order valence-electron chi connectivity index (χ0n) is 30.4. The van der Waals surface area contributed by atoms with Gasteiger partial charge in [-0.05, 0) is 87.3 Å². The molecular weight excluding hydrogens is 701 g/mol. The van der Waals surface area contributed by atoms with Gasteiger partial charge >= 0.3 is 0 Å². The first-order valence-electron chi connectivity index (χ1n) is 19.1. The molecule has 0 saturated heterocycles. The first kappa shape index (κ1) is 31.6. The van der Waals surface area contributed by atoms with Crippen molar-refractivity contribution in [2.75, 3.05) is 0 Å². The van der Waals surface area contributed by atoms with Gasteiger partial charge in [0.2, 0.25) is 0 Å². The molecule has 0 N–H and O–H groups in total. The van der Waals surface area contributed by atoms with Gasteiger partial charge in [0.25, 0.3) is 5.56 Å². The summed E-state index contributed by atoms with van der Waals surface area (Å²) >= 11 is 0. The predicted octanol–water partition coefficient (Wildman–Crippen LogP) is 13.5. The Morgan fingerprint density at radius 2 is 0.930 bits per heavy atom. The van der Waals surface area contributed by atoms with Gasteiger partial charge in [-0.1, -0.05) is 133 Å². The average molecular weight is 731 g/mol. The van der Waals surface area contributed by atoms with Crippen LogP contribution in [0, 0.1) is 0 Å². The Balaban J connectivity index is 1.20. The lowest BCUT2D eigenvalue weighted by Crippen LogP contribution is -2.18. The van der Waals surface area contributed by atoms with Gasteiger partial charge in [-0.3, -0.25) is 9.20 Å². The van der Waals surface area contributed by atoms with Gasteiger partial charge in [0, 0.05) is 32.5 Å². The lowest BCUT2D eigenvalue weighted by Gasteiger charge is -2.20. The minimum absolute atomic E-state index is 0.127. The highest BCUT2D eigenvalue weighted by atomic mass is 16.3. The van der Waals surface area contributed by atoms with Crippen LogP contribution in [0.15, 0.2) is 196 Å². The Morgan fingerprint density at radius 1 is 0.404 bits per heavy atom. The van der Waals surface area contributed by atoms with Crippen molar-refractivity contribution in [1.82, 2.24) is 9.38 Å². The van der Waals surface area contributed by atoms with Crippen LogP contribution < -0.4 is 5.56 Å². The summed E-state index contributed by atoms with van der Waals surface area (Å²) < 4.78 is 14.4. The molecule has 0 unspecified atom stereocenters. The smallest absolute Gasteiger partial charge is 0.266 e. The minimum Gasteiger partial charge on any atom is -0.456 e. The van der Waals surface area contributed by atoms with Crippen LogP contribution in [0.25, 0.3) is 116 Å². The zero-order valence-corrected chi connectivity index (χ0v) is 30.4. The van der Waals surface area contributed by atoms with Gasteiger partial charge in [0.15, 0.2) is 0 Å². The van der Waals surface area contributed by atoms with E-state index in [9.17, 15) is 0 Å². The number of nitrogens with zero attached hydrogens (tertiary/aromatic N) is 2. The first-order chi connectivity index (χ1) is 28.2. The number of para-hydroxylation sites is 2. The molecule has 0 bridgehead atoms. The molecule has 5 heteroatoms. The van der Waals surface area contributed by atoms with Crippen molar-refractivity contribution >= 4 is 71.2 Å². The van der Waals surface area contributed by atoms with Crippen LogP contribution in [0.2, 0.25) is 0 Å². The summed E-state index contributed by atoms with van der Waals surface area (Å²) in [6.07, 6.45) is 0. The summed E-state index contributed by atoms with van der Waals surface area (Å²) in [6, 6.07) is 61.8. The van der Waals surface area contributed by atoms with Crippen molar-refractivity contribution in [1.29, 1.82) is 0 Å². The molecule has 4 aromatic heterocycles. The molecule has 0 radical (unpaired) electrons. The summed E-state index contributed by atoms with van der Waals surface area (Å²) in [5.74, 6) is 0. The second-order valence-corrected chi connectivity index (χ2v) is 14.6. The zero-order chi connectivity index (χ0) is 37.6. The third kappa shape index (κ3) is 4.69. The van der Waals surface area contributed by atoms with E-state index in [0.717, 1.165) is 99.3 Å². The largest absolute Gasteiger partial charge is 0.456 e. The Hall–Kier alpha value is -7.76. The van der Waals surface area contributed by atoms with E-state index in [1.165, 1.54) is 0 Å². The van der Waals surface area contributed by atoms with Crippen LogP contribution in [-0.2, 0) is 0 Å². The van der Waals surface area contributed by atoms with Gasteiger partial charge in [-0.2, -0.15) is 0 Å². The van der Waals surface area contributed by atoms with Crippen LogP contribution in [0.1, 0.15) is 0 Å². The number of pyridine rings is 1. The SMILES string of the molecule is O=c1c2cc(-c3cccc4oc5ccccc5c34)ccc2nc2c3ccc(-c4cccc5oc6ccccc6c45)cc3c(-c3ccccc3)c(-c3ccccc3)n12. The highest BCUT2D eigenvalue weighted by Crippen LogP contribution is 2.44. The van der Waals surface area contributed by atoms with E-state index in [0.29, 0.717) is 16.6 Å². The molecule has 4 heterocycles. The van der Waals surface area contributed by atoms with Gasteiger partial charge < -0.3 is 8.83 Å². The molecule has 8 aromatic carbocycles. The van der Waals surface area contributed by atoms with Gasteiger partial charge in [-0.25, -0.2) is 4.98 Å². The maximum atomic E-state index is 15.3. The van der Waals surface area contributed by atoms with Crippen LogP contribution in [0.4, 0.5) is 0 Å². The standard InChI is InChI=1S/C52H30N2O3/c55-52-41-30-34(36-20-12-24-46-49(36)39-18-8-10-22-44(39)57-46)26-28-42(41)53-51-37-27-25-33(35-19-11-23-45-48(35)38-17-7-9-21-43(38)56-45)29-40(37)47(31-13-3-1-4-14-31)50(54(51)52)32-15-5-2-6-16-32/h1-30H. The molecule has 5 nitrogen and oxygen atoms in total. The van der Waals surface area contributed by atoms with E-state index in [1.54, 1.807) is 0 Å². The number of furan rings is 2. The maximum absolute atomic E-state index is 15.3. The number of hydrogen-bond donors (Lipinski definition) is 0. The van der Waals surface area contributed by atoms with E-state index in [4.69, 9.17) is 13.8 Å². The predicted molar refractivity (Wildman–Crippen MR) is 233 cm³/mol. The van der Waals surface area contributed by atoms with E-state index in [-0.39, 0.29) is 5.56 Å². The molecule has 266 valence electrons. The third-order valence-electron chi connectivity index (χ3n) is 11.4. The van der Waals surface area contributed by atoms with Crippen LogP contribution >= 0.6 is 0 Å². The second kappa shape index (κ2) is 12.1. The maximum Gasteiger partial charge on any atom is 0.266 e. The van der Waals surface area contributed by atoms with Gasteiger partial charge in [0.05, 0.1) is 16.6 Å². The summed E-state index contributed by atoms with van der Waals surface area (Å²) in [7, 11) is 0. The van der Waals surface area contributed by atoms with Crippen molar-refractivity contribution in [3.63, 3.8) is 0 Å². The Morgan fingerprint density at radius 3 is 1.56 bits per heavy atom. The highest BCUT2D eigenvalue weighted by Gasteiger charge is 2.23. The molecule has 0 amide bonds. The van der Waals surface area contributed by atoms with E-state index in [1.807, 2.05) is 89.3 Å².